The van der Waals surface area contributed by atoms with Crippen LogP contribution in [-0.2, 0) is 12.7 Å². The van der Waals surface area contributed by atoms with Crippen LogP contribution in [0.5, 0.6) is 0 Å². The Bertz CT molecular complexity index is 1430. The summed E-state index contributed by atoms with van der Waals surface area (Å²) in [5, 5.41) is 18.5. The monoisotopic (exact) mass is 458 g/mol. The van der Waals surface area contributed by atoms with Crippen LogP contribution in [0.4, 0.5) is 23.2 Å². The van der Waals surface area contributed by atoms with Gasteiger partial charge in [0.2, 0.25) is 0 Å². The number of anilines is 1. The number of carbonyl (C=O) groups excluding carboxylic acids is 1. The lowest BCUT2D eigenvalue weighted by molar-refractivity contribution is -0.140. The smallest absolute Gasteiger partial charge is 0.358 e. The molecular weight excluding hydrogens is 444 g/mol. The van der Waals surface area contributed by atoms with Gasteiger partial charge in [0.15, 0.2) is 17.1 Å². The minimum Gasteiger partial charge on any atom is -0.358 e. The molecule has 3 heterocycles. The fourth-order valence-corrected chi connectivity index (χ4v) is 3.34. The van der Waals surface area contributed by atoms with Gasteiger partial charge in [-0.3, -0.25) is 14.5 Å². The Balaban J connectivity index is 1.74. The van der Waals surface area contributed by atoms with E-state index in [2.05, 4.69) is 20.6 Å². The van der Waals surface area contributed by atoms with Crippen molar-refractivity contribution in [2.24, 2.45) is 0 Å². The molecule has 0 spiro atoms. The molecule has 4 rings (SSSR count). The number of benzene rings is 1. The number of nitrogens with zero attached hydrogens (tertiary/aromatic N) is 5. The van der Waals surface area contributed by atoms with Gasteiger partial charge in [0.05, 0.1) is 22.5 Å². The summed E-state index contributed by atoms with van der Waals surface area (Å²) in [6, 6.07) is 8.04. The SMILES string of the molecule is Cc1cc(C(=O)Nc2c(C(F)(F)F)nn(Cc3cc(C#N)no3)c2C)c2ccc(F)cc2n1. The normalized spacial score (nSPS) is 11.5. The number of nitrogens with one attached hydrogen (secondary N) is 1. The minimum atomic E-state index is -4.86. The van der Waals surface area contributed by atoms with Crippen LogP contribution < -0.4 is 5.32 Å². The second kappa shape index (κ2) is 8.01. The molecular formula is C21H14F4N6O2. The van der Waals surface area contributed by atoms with Gasteiger partial charge in [0.1, 0.15) is 18.4 Å². The van der Waals surface area contributed by atoms with Crippen molar-refractivity contribution in [3.8, 4) is 6.07 Å². The summed E-state index contributed by atoms with van der Waals surface area (Å²) in [6.07, 6.45) is -4.86. The number of aryl methyl sites for hydroxylation is 1. The third kappa shape index (κ3) is 4.25. The molecule has 0 radical (unpaired) electrons. The molecule has 1 amide bonds. The van der Waals surface area contributed by atoms with Crippen molar-refractivity contribution in [1.29, 1.82) is 5.26 Å². The molecule has 0 aliphatic carbocycles. The van der Waals surface area contributed by atoms with Gasteiger partial charge in [-0.2, -0.15) is 23.5 Å². The maximum Gasteiger partial charge on any atom is 0.437 e. The van der Waals surface area contributed by atoms with Gasteiger partial charge in [-0.1, -0.05) is 5.16 Å². The number of hydrogen-bond acceptors (Lipinski definition) is 6. The summed E-state index contributed by atoms with van der Waals surface area (Å²) in [5.41, 5.74) is -1.23. The van der Waals surface area contributed by atoms with E-state index in [0.717, 1.165) is 16.8 Å². The summed E-state index contributed by atoms with van der Waals surface area (Å²) in [7, 11) is 0. The molecule has 1 aromatic carbocycles. The fourth-order valence-electron chi connectivity index (χ4n) is 3.34. The molecule has 8 nitrogen and oxygen atoms in total. The van der Waals surface area contributed by atoms with Crippen LogP contribution in [-0.4, -0.2) is 25.8 Å². The highest BCUT2D eigenvalue weighted by Crippen LogP contribution is 2.36. The highest BCUT2D eigenvalue weighted by atomic mass is 19.4. The van der Waals surface area contributed by atoms with Crippen molar-refractivity contribution in [2.45, 2.75) is 26.6 Å². The van der Waals surface area contributed by atoms with E-state index in [4.69, 9.17) is 9.78 Å². The van der Waals surface area contributed by atoms with Crippen LogP contribution in [0.2, 0.25) is 0 Å². The first-order valence-electron chi connectivity index (χ1n) is 9.45. The number of fused-ring (bicyclic) bond motifs is 1. The number of alkyl halides is 3. The Morgan fingerprint density at radius 1 is 1.24 bits per heavy atom. The molecule has 12 heteroatoms. The van der Waals surface area contributed by atoms with Crippen molar-refractivity contribution >= 4 is 22.5 Å². The Labute approximate surface area is 183 Å². The van der Waals surface area contributed by atoms with Crippen LogP contribution >= 0.6 is 0 Å². The maximum atomic E-state index is 13.7. The van der Waals surface area contributed by atoms with Gasteiger partial charge in [-0.05, 0) is 32.0 Å². The third-order valence-corrected chi connectivity index (χ3v) is 4.84. The number of nitriles is 1. The van der Waals surface area contributed by atoms with Crippen molar-refractivity contribution in [1.82, 2.24) is 19.9 Å². The van der Waals surface area contributed by atoms with E-state index in [-0.39, 0.29) is 40.2 Å². The molecule has 0 atom stereocenters. The van der Waals surface area contributed by atoms with Crippen molar-refractivity contribution < 1.29 is 26.9 Å². The standard InChI is InChI=1S/C21H14F4N6O2/c1-10-5-16(15-4-3-12(22)6-17(15)27-10)20(32)28-18-11(2)31(29-19(18)21(23,24)25)9-14-7-13(8-26)30-33-14/h3-7H,9H2,1-2H3,(H,28,32). The van der Waals surface area contributed by atoms with E-state index in [1.807, 2.05) is 0 Å². The largest absolute Gasteiger partial charge is 0.437 e. The maximum absolute atomic E-state index is 13.7. The number of carbonyl (C=O) groups is 1. The van der Waals surface area contributed by atoms with Gasteiger partial charge in [-0.15, -0.1) is 0 Å². The molecule has 4 aromatic rings. The molecule has 33 heavy (non-hydrogen) atoms. The van der Waals surface area contributed by atoms with Gasteiger partial charge in [0, 0.05) is 23.2 Å². The van der Waals surface area contributed by atoms with Crippen LogP contribution in [0, 0.1) is 31.0 Å². The quantitative estimate of drug-likeness (QED) is 0.455. The number of amides is 1. The molecule has 0 saturated carbocycles. The average Bonchev–Trinajstić information content (AvgIpc) is 3.32. The predicted octanol–water partition coefficient (Wildman–Crippen LogP) is 4.37. The molecule has 0 bridgehead atoms. The first-order valence-corrected chi connectivity index (χ1v) is 9.45. The van der Waals surface area contributed by atoms with E-state index in [1.165, 1.54) is 25.1 Å². The van der Waals surface area contributed by atoms with E-state index >= 15 is 0 Å². The lowest BCUT2D eigenvalue weighted by Crippen LogP contribution is -2.17. The molecule has 0 aliphatic heterocycles. The first-order chi connectivity index (χ1) is 15.6. The van der Waals surface area contributed by atoms with Gasteiger partial charge < -0.3 is 9.84 Å². The van der Waals surface area contributed by atoms with Gasteiger partial charge in [-0.25, -0.2) is 4.39 Å². The van der Waals surface area contributed by atoms with Crippen molar-refractivity contribution in [2.75, 3.05) is 5.32 Å². The predicted molar refractivity (Wildman–Crippen MR) is 107 cm³/mol. The van der Waals surface area contributed by atoms with E-state index < -0.39 is 29.3 Å². The second-order valence-corrected chi connectivity index (χ2v) is 7.18. The number of rotatable bonds is 4. The fraction of sp³-hybridized carbons (Fsp3) is 0.190. The molecule has 0 saturated heterocycles. The average molecular weight is 458 g/mol. The van der Waals surface area contributed by atoms with E-state index in [0.29, 0.717) is 5.69 Å². The zero-order chi connectivity index (χ0) is 23.9. The van der Waals surface area contributed by atoms with E-state index in [9.17, 15) is 22.4 Å². The molecule has 0 unspecified atom stereocenters. The Kier molecular flexibility index (Phi) is 5.33. The Hall–Kier alpha value is -4.27. The molecule has 168 valence electrons. The van der Waals surface area contributed by atoms with E-state index in [1.54, 1.807) is 13.0 Å². The Morgan fingerprint density at radius 2 is 2.00 bits per heavy atom. The minimum absolute atomic E-state index is 0.00621. The zero-order valence-corrected chi connectivity index (χ0v) is 17.2. The van der Waals surface area contributed by atoms with Gasteiger partial charge >= 0.3 is 6.18 Å². The lowest BCUT2D eigenvalue weighted by atomic mass is 10.1. The summed E-state index contributed by atoms with van der Waals surface area (Å²) in [4.78, 5) is 17.2. The molecule has 0 fully saturated rings. The number of halogens is 4. The first kappa shape index (κ1) is 21.9. The number of aromatic nitrogens is 4. The molecule has 1 N–H and O–H groups in total. The summed E-state index contributed by atoms with van der Waals surface area (Å²) < 4.78 is 60.6. The summed E-state index contributed by atoms with van der Waals surface area (Å²) in [5.74, 6) is -1.28. The highest BCUT2D eigenvalue weighted by molar-refractivity contribution is 6.12. The van der Waals surface area contributed by atoms with Crippen LogP contribution in [0.25, 0.3) is 10.9 Å². The van der Waals surface area contributed by atoms with Gasteiger partial charge in [0.25, 0.3) is 5.91 Å². The van der Waals surface area contributed by atoms with Crippen molar-refractivity contribution in [3.63, 3.8) is 0 Å². The third-order valence-electron chi connectivity index (χ3n) is 4.84. The zero-order valence-electron chi connectivity index (χ0n) is 17.2. The number of hydrogen-bond donors (Lipinski definition) is 1. The van der Waals surface area contributed by atoms with Crippen LogP contribution in [0.15, 0.2) is 34.9 Å². The summed E-state index contributed by atoms with van der Waals surface area (Å²) in [6.45, 7) is 2.69. The lowest BCUT2D eigenvalue weighted by Gasteiger charge is -2.11. The highest BCUT2D eigenvalue weighted by Gasteiger charge is 2.39. The van der Waals surface area contributed by atoms with Crippen LogP contribution in [0.3, 0.4) is 0 Å². The van der Waals surface area contributed by atoms with Crippen LogP contribution in [0.1, 0.15) is 38.9 Å². The second-order valence-electron chi connectivity index (χ2n) is 7.18. The topological polar surface area (TPSA) is 110 Å². The number of pyridine rings is 1. The van der Waals surface area contributed by atoms with Crippen molar-refractivity contribution in [3.05, 3.63) is 70.2 Å². The molecule has 3 aromatic heterocycles. The summed E-state index contributed by atoms with van der Waals surface area (Å²) >= 11 is 0. The molecule has 0 aliphatic rings. The Morgan fingerprint density at radius 3 is 2.67 bits per heavy atom.